The van der Waals surface area contributed by atoms with E-state index >= 15 is 0 Å². The Balaban J connectivity index is 1.80. The van der Waals surface area contributed by atoms with Crippen LogP contribution < -0.4 is 19.5 Å². The Morgan fingerprint density at radius 3 is 2.45 bits per heavy atom. The molecule has 2 aromatic carbocycles. The summed E-state index contributed by atoms with van der Waals surface area (Å²) in [5.74, 6) is 0.888. The number of hydrogen-bond donors (Lipinski definition) is 1. The third-order valence-corrected chi connectivity index (χ3v) is 7.34. The van der Waals surface area contributed by atoms with Crippen LogP contribution in [-0.2, 0) is 14.3 Å². The van der Waals surface area contributed by atoms with Crippen LogP contribution in [0.2, 0.25) is 0 Å². The van der Waals surface area contributed by atoms with Gasteiger partial charge in [-0.15, -0.1) is 0 Å². The van der Waals surface area contributed by atoms with Gasteiger partial charge in [-0.2, -0.15) is 0 Å². The van der Waals surface area contributed by atoms with Crippen molar-refractivity contribution in [3.63, 3.8) is 0 Å². The predicted octanol–water partition coefficient (Wildman–Crippen LogP) is 5.81. The average molecular weight is 520 g/mol. The fourth-order valence-corrected chi connectivity index (χ4v) is 5.30. The second kappa shape index (κ2) is 11.8. The first kappa shape index (κ1) is 27.3. The molecular weight excluding hydrogens is 482 g/mol. The molecule has 0 saturated heterocycles. The van der Waals surface area contributed by atoms with Gasteiger partial charge in [0.1, 0.15) is 5.75 Å². The van der Waals surface area contributed by atoms with Gasteiger partial charge in [-0.05, 0) is 63.3 Å². The summed E-state index contributed by atoms with van der Waals surface area (Å²) in [7, 11) is 3.20. The second-order valence-corrected chi connectivity index (χ2v) is 9.73. The van der Waals surface area contributed by atoms with Gasteiger partial charge in [0.25, 0.3) is 0 Å². The van der Waals surface area contributed by atoms with E-state index in [2.05, 4.69) is 5.32 Å². The summed E-state index contributed by atoms with van der Waals surface area (Å²) >= 11 is 0. The highest BCUT2D eigenvalue weighted by atomic mass is 16.5. The highest BCUT2D eigenvalue weighted by Gasteiger charge is 2.42. The molecule has 1 N–H and O–H groups in total. The summed E-state index contributed by atoms with van der Waals surface area (Å²) in [6.07, 6.45) is 1.40. The fourth-order valence-electron chi connectivity index (χ4n) is 5.30. The first-order chi connectivity index (χ1) is 18.3. The van der Waals surface area contributed by atoms with Gasteiger partial charge < -0.3 is 24.3 Å². The van der Waals surface area contributed by atoms with Gasteiger partial charge in [-0.25, -0.2) is 4.79 Å². The van der Waals surface area contributed by atoms with Gasteiger partial charge in [0.2, 0.25) is 0 Å². The van der Waals surface area contributed by atoms with E-state index in [4.69, 9.17) is 18.9 Å². The molecule has 0 radical (unpaired) electrons. The molecule has 0 spiro atoms. The summed E-state index contributed by atoms with van der Waals surface area (Å²) in [5.41, 5.74) is 4.37. The van der Waals surface area contributed by atoms with Crippen molar-refractivity contribution in [3.05, 3.63) is 76.1 Å². The van der Waals surface area contributed by atoms with Crippen molar-refractivity contribution < 1.29 is 28.5 Å². The summed E-state index contributed by atoms with van der Waals surface area (Å²) < 4.78 is 22.6. The zero-order chi connectivity index (χ0) is 27.4. The van der Waals surface area contributed by atoms with Crippen LogP contribution in [0.3, 0.4) is 0 Å². The molecular formula is C31H37NO6. The van der Waals surface area contributed by atoms with Crippen molar-refractivity contribution in [2.45, 2.75) is 64.9 Å². The number of rotatable bonds is 9. The van der Waals surface area contributed by atoms with Crippen molar-refractivity contribution in [2.24, 2.45) is 0 Å². The number of methoxy groups -OCH3 is 2. The summed E-state index contributed by atoms with van der Waals surface area (Å²) in [5, 5.41) is 3.41. The lowest BCUT2D eigenvalue weighted by Crippen LogP contribution is -2.36. The second-order valence-electron chi connectivity index (χ2n) is 9.73. The lowest BCUT2D eigenvalue weighted by molar-refractivity contribution is -0.144. The Morgan fingerprint density at radius 2 is 1.76 bits per heavy atom. The van der Waals surface area contributed by atoms with E-state index < -0.39 is 11.9 Å². The van der Waals surface area contributed by atoms with Crippen molar-refractivity contribution in [2.75, 3.05) is 20.8 Å². The fraction of sp³-hybridized carbons (Fsp3) is 0.419. The third kappa shape index (κ3) is 5.28. The SMILES string of the molecule is CCOc1ccccc1[C@H]1C(C(=O)O[C@H](C)CC)=C(C)NC2=C1C(=O)C[C@H](c1ccc(OC)c(OC)c1)C2. The molecule has 0 bridgehead atoms. The van der Waals surface area contributed by atoms with Gasteiger partial charge in [-0.1, -0.05) is 31.2 Å². The van der Waals surface area contributed by atoms with Crippen molar-refractivity contribution >= 4 is 11.8 Å². The number of allylic oxidation sites excluding steroid dienone is 3. The lowest BCUT2D eigenvalue weighted by atomic mass is 9.71. The number of benzene rings is 2. The maximum atomic E-state index is 13.9. The van der Waals surface area contributed by atoms with Crippen LogP contribution in [0, 0.1) is 0 Å². The lowest BCUT2D eigenvalue weighted by Gasteiger charge is -2.37. The van der Waals surface area contributed by atoms with Gasteiger partial charge in [0, 0.05) is 29.0 Å². The maximum absolute atomic E-state index is 13.9. The molecule has 38 heavy (non-hydrogen) atoms. The molecule has 0 aromatic heterocycles. The number of ether oxygens (including phenoxy) is 4. The van der Waals surface area contributed by atoms with Crippen LogP contribution in [0.1, 0.15) is 69.9 Å². The minimum atomic E-state index is -0.579. The standard InChI is InChI=1S/C31H37NO6/c1-7-18(3)38-31(34)28-19(4)32-23-15-21(20-13-14-26(35-5)27(17-20)36-6)16-24(33)30(23)29(28)22-11-9-10-12-25(22)37-8-2/h9-14,17-18,21,29,32H,7-8,15-16H2,1-6H3/t18-,21-,29+/m1/s1. The van der Waals surface area contributed by atoms with Crippen LogP contribution in [-0.4, -0.2) is 38.7 Å². The minimum Gasteiger partial charge on any atom is -0.494 e. The quantitative estimate of drug-likeness (QED) is 0.419. The zero-order valence-corrected chi connectivity index (χ0v) is 23.1. The van der Waals surface area contributed by atoms with E-state index in [1.807, 2.05) is 70.2 Å². The summed E-state index contributed by atoms with van der Waals surface area (Å²) in [6.45, 7) is 8.11. The Kier molecular flexibility index (Phi) is 8.45. The first-order valence-electron chi connectivity index (χ1n) is 13.2. The molecule has 0 amide bonds. The zero-order valence-electron chi connectivity index (χ0n) is 23.1. The molecule has 4 rings (SSSR count). The Morgan fingerprint density at radius 1 is 1.03 bits per heavy atom. The largest absolute Gasteiger partial charge is 0.494 e. The Labute approximate surface area is 224 Å². The highest BCUT2D eigenvalue weighted by molar-refractivity contribution is 6.04. The predicted molar refractivity (Wildman–Crippen MR) is 146 cm³/mol. The smallest absolute Gasteiger partial charge is 0.337 e. The molecule has 7 nitrogen and oxygen atoms in total. The molecule has 3 atom stereocenters. The number of Topliss-reactive ketones (excluding diaryl/α,β-unsaturated/α-hetero) is 1. The normalized spacial score (nSPS) is 19.9. The van der Waals surface area contributed by atoms with Crippen molar-refractivity contribution in [1.82, 2.24) is 5.32 Å². The average Bonchev–Trinajstić information content (AvgIpc) is 2.92. The van der Waals surface area contributed by atoms with Crippen molar-refractivity contribution in [1.29, 1.82) is 0 Å². The third-order valence-electron chi connectivity index (χ3n) is 7.34. The van der Waals surface area contributed by atoms with Gasteiger partial charge >= 0.3 is 5.97 Å². The first-order valence-corrected chi connectivity index (χ1v) is 13.2. The monoisotopic (exact) mass is 519 g/mol. The van der Waals surface area contributed by atoms with Crippen molar-refractivity contribution in [3.8, 4) is 17.2 Å². The van der Waals surface area contributed by atoms with E-state index in [0.29, 0.717) is 60.0 Å². The molecule has 7 heteroatoms. The van der Waals surface area contributed by atoms with E-state index in [0.717, 1.165) is 16.8 Å². The van der Waals surface area contributed by atoms with Crippen LogP contribution in [0.4, 0.5) is 0 Å². The molecule has 2 aromatic rings. The number of nitrogens with one attached hydrogen (secondary N) is 1. The highest BCUT2D eigenvalue weighted by Crippen LogP contribution is 2.48. The van der Waals surface area contributed by atoms with Crippen LogP contribution in [0.25, 0.3) is 0 Å². The summed E-state index contributed by atoms with van der Waals surface area (Å²) in [4.78, 5) is 27.4. The van der Waals surface area contributed by atoms with E-state index in [1.165, 1.54) is 0 Å². The molecule has 0 fully saturated rings. The Bertz CT molecular complexity index is 1280. The number of esters is 1. The van der Waals surface area contributed by atoms with E-state index in [-0.39, 0.29) is 17.8 Å². The molecule has 1 heterocycles. The van der Waals surface area contributed by atoms with E-state index in [9.17, 15) is 9.59 Å². The number of dihydropyridines is 1. The Hall–Kier alpha value is -3.74. The number of carbonyl (C=O) groups is 2. The molecule has 1 aliphatic carbocycles. The van der Waals surface area contributed by atoms with Gasteiger partial charge in [0.05, 0.1) is 38.4 Å². The molecule has 1 aliphatic heterocycles. The van der Waals surface area contributed by atoms with E-state index in [1.54, 1.807) is 14.2 Å². The number of carbonyl (C=O) groups excluding carboxylic acids is 2. The molecule has 2 aliphatic rings. The molecule has 202 valence electrons. The maximum Gasteiger partial charge on any atom is 0.337 e. The van der Waals surface area contributed by atoms with Gasteiger partial charge in [0.15, 0.2) is 17.3 Å². The number of para-hydroxylation sites is 1. The van der Waals surface area contributed by atoms with Crippen LogP contribution in [0.15, 0.2) is 65.0 Å². The molecule has 0 unspecified atom stereocenters. The van der Waals surface area contributed by atoms with Crippen LogP contribution >= 0.6 is 0 Å². The van der Waals surface area contributed by atoms with Gasteiger partial charge in [-0.3, -0.25) is 4.79 Å². The minimum absolute atomic E-state index is 0.00354. The topological polar surface area (TPSA) is 83.1 Å². The number of hydrogen-bond acceptors (Lipinski definition) is 7. The summed E-state index contributed by atoms with van der Waals surface area (Å²) in [6, 6.07) is 13.4. The van der Waals surface area contributed by atoms with Crippen LogP contribution in [0.5, 0.6) is 17.2 Å². The molecule has 0 saturated carbocycles. The number of ketones is 1.